The minimum atomic E-state index is -3.92. The van der Waals surface area contributed by atoms with E-state index in [1.165, 1.54) is 66.7 Å². The zero-order chi connectivity index (χ0) is 21.6. The highest BCUT2D eigenvalue weighted by Crippen LogP contribution is 2.34. The molecule has 1 atom stereocenters. The lowest BCUT2D eigenvalue weighted by atomic mass is 9.91. The molecule has 1 aliphatic carbocycles. The molecule has 1 aliphatic rings. The van der Waals surface area contributed by atoms with Crippen LogP contribution >= 0.6 is 34.9 Å². The molecule has 0 radical (unpaired) electrons. The van der Waals surface area contributed by atoms with E-state index in [0.717, 1.165) is 26.2 Å². The fraction of sp³-hybridized carbons (Fsp3) is 0.579. The van der Waals surface area contributed by atoms with Crippen molar-refractivity contribution in [1.29, 1.82) is 0 Å². The van der Waals surface area contributed by atoms with Crippen molar-refractivity contribution in [1.82, 2.24) is 15.2 Å². The van der Waals surface area contributed by atoms with Crippen molar-refractivity contribution >= 4 is 61.0 Å². The molecule has 166 valence electrons. The van der Waals surface area contributed by atoms with Crippen molar-refractivity contribution in [2.24, 2.45) is 5.92 Å². The van der Waals surface area contributed by atoms with Crippen LogP contribution in [-0.2, 0) is 14.8 Å². The number of thioether (sulfide) groups is 2. The van der Waals surface area contributed by atoms with Gasteiger partial charge in [-0.25, -0.2) is 18.9 Å². The molecule has 30 heavy (non-hydrogen) atoms. The summed E-state index contributed by atoms with van der Waals surface area (Å²) in [7, 11) is -3.92. The molecule has 0 bridgehead atoms. The molecule has 1 aromatic carbocycles. The normalized spacial score (nSPS) is 16.6. The number of nitrogens with one attached hydrogen (secondary N) is 2. The summed E-state index contributed by atoms with van der Waals surface area (Å²) in [5.41, 5.74) is 2.31. The average molecular weight is 490 g/mol. The number of aromatic nitrogens is 1. The van der Waals surface area contributed by atoms with Crippen molar-refractivity contribution in [3.63, 3.8) is 0 Å². The van der Waals surface area contributed by atoms with Gasteiger partial charge in [-0.1, -0.05) is 31.0 Å². The van der Waals surface area contributed by atoms with Gasteiger partial charge in [0.1, 0.15) is 6.04 Å². The smallest absolute Gasteiger partial charge is 0.261 e. The summed E-state index contributed by atoms with van der Waals surface area (Å²) in [5, 5.41) is 8.91. The summed E-state index contributed by atoms with van der Waals surface area (Å²) in [4.78, 5) is 16.6. The molecule has 0 unspecified atom stereocenters. The van der Waals surface area contributed by atoms with Gasteiger partial charge in [0.15, 0.2) is 4.34 Å². The maximum atomic E-state index is 12.8. The molecule has 3 N–H and O–H groups in total. The van der Waals surface area contributed by atoms with Gasteiger partial charge in [0.05, 0.1) is 15.1 Å². The maximum absolute atomic E-state index is 12.8. The summed E-state index contributed by atoms with van der Waals surface area (Å²) in [6.07, 6.45) is 8.67. The molecule has 1 fully saturated rings. The Kier molecular flexibility index (Phi) is 8.84. The average Bonchev–Trinajstić information content (AvgIpc) is 3.17. The number of fused-ring (bicyclic) bond motifs is 1. The monoisotopic (exact) mass is 489 g/mol. The zero-order valence-corrected chi connectivity index (χ0v) is 20.1. The van der Waals surface area contributed by atoms with Gasteiger partial charge >= 0.3 is 0 Å². The number of carbonyl (C=O) groups excluding carboxylic acids is 1. The van der Waals surface area contributed by atoms with E-state index >= 15 is 0 Å². The van der Waals surface area contributed by atoms with Crippen LogP contribution in [-0.4, -0.2) is 48.3 Å². The molecule has 2 aromatic rings. The third-order valence-electron chi connectivity index (χ3n) is 5.15. The molecule has 0 aliphatic heterocycles. The Labute approximate surface area is 189 Å². The fourth-order valence-corrected chi connectivity index (χ4v) is 7.59. The molecule has 1 saturated carbocycles. The molecular formula is C19H27N3O4S4. The van der Waals surface area contributed by atoms with Crippen molar-refractivity contribution in [2.75, 3.05) is 17.8 Å². The molecule has 11 heteroatoms. The fourth-order valence-electron chi connectivity index (χ4n) is 3.47. The van der Waals surface area contributed by atoms with Gasteiger partial charge in [-0.3, -0.25) is 10.0 Å². The lowest BCUT2D eigenvalue weighted by Crippen LogP contribution is -2.46. The van der Waals surface area contributed by atoms with Crippen LogP contribution in [0, 0.1) is 5.92 Å². The molecule has 1 heterocycles. The van der Waals surface area contributed by atoms with E-state index in [9.17, 15) is 13.2 Å². The number of amides is 1. The minimum Gasteiger partial charge on any atom is -0.289 e. The van der Waals surface area contributed by atoms with Crippen LogP contribution in [0.25, 0.3) is 10.2 Å². The first-order valence-electron chi connectivity index (χ1n) is 9.91. The predicted molar refractivity (Wildman–Crippen MR) is 124 cm³/mol. The number of hydroxylamine groups is 1. The number of nitrogens with zero attached hydrogens (tertiary/aromatic N) is 1. The lowest BCUT2D eigenvalue weighted by molar-refractivity contribution is -0.130. The second kappa shape index (κ2) is 11.1. The molecular weight excluding hydrogens is 462 g/mol. The Balaban J connectivity index is 1.72. The van der Waals surface area contributed by atoms with E-state index in [2.05, 4.69) is 9.71 Å². The van der Waals surface area contributed by atoms with Crippen LogP contribution in [0.2, 0.25) is 0 Å². The summed E-state index contributed by atoms with van der Waals surface area (Å²) >= 11 is 4.74. The zero-order valence-electron chi connectivity index (χ0n) is 16.8. The number of benzene rings is 1. The highest BCUT2D eigenvalue weighted by atomic mass is 32.2. The minimum absolute atomic E-state index is 0.0855. The highest BCUT2D eigenvalue weighted by molar-refractivity contribution is 8.01. The molecule has 0 saturated heterocycles. The van der Waals surface area contributed by atoms with Crippen molar-refractivity contribution in [3.05, 3.63) is 18.2 Å². The second-order valence-corrected chi connectivity index (χ2v) is 12.4. The van der Waals surface area contributed by atoms with Gasteiger partial charge in [-0.05, 0) is 55.4 Å². The topological polar surface area (TPSA) is 108 Å². The van der Waals surface area contributed by atoms with E-state index < -0.39 is 22.0 Å². The third kappa shape index (κ3) is 6.33. The summed E-state index contributed by atoms with van der Waals surface area (Å²) < 4.78 is 29.8. The van der Waals surface area contributed by atoms with E-state index in [0.29, 0.717) is 5.75 Å². The maximum Gasteiger partial charge on any atom is 0.261 e. The van der Waals surface area contributed by atoms with E-state index in [1.54, 1.807) is 23.9 Å². The number of carbonyl (C=O) groups is 1. The van der Waals surface area contributed by atoms with Crippen molar-refractivity contribution in [2.45, 2.75) is 53.8 Å². The van der Waals surface area contributed by atoms with Crippen LogP contribution < -0.4 is 10.2 Å². The van der Waals surface area contributed by atoms with Crippen LogP contribution in [0.1, 0.15) is 38.5 Å². The Hall–Kier alpha value is -0.850. The van der Waals surface area contributed by atoms with Crippen molar-refractivity contribution in [3.8, 4) is 0 Å². The molecule has 1 aromatic heterocycles. The Morgan fingerprint density at radius 1 is 1.33 bits per heavy atom. The van der Waals surface area contributed by atoms with Crippen LogP contribution in [0.15, 0.2) is 27.4 Å². The molecule has 3 rings (SSSR count). The predicted octanol–water partition coefficient (Wildman–Crippen LogP) is 3.87. The lowest BCUT2D eigenvalue weighted by Gasteiger charge is -2.20. The summed E-state index contributed by atoms with van der Waals surface area (Å²) in [6, 6.07) is 3.77. The molecule has 1 amide bonds. The Bertz CT molecular complexity index is 958. The van der Waals surface area contributed by atoms with E-state index in [1.807, 2.05) is 6.26 Å². The van der Waals surface area contributed by atoms with E-state index in [4.69, 9.17) is 5.21 Å². The Morgan fingerprint density at radius 3 is 2.80 bits per heavy atom. The van der Waals surface area contributed by atoms with Gasteiger partial charge < -0.3 is 0 Å². The third-order valence-corrected chi connectivity index (χ3v) is 9.66. The standard InChI is InChI=1S/C19H27N3O4S4/c1-27-10-9-16(18(23)21-24)22-30(25,26)14-7-8-15-17(11-14)29-19(20-15)28-12-13-5-3-2-4-6-13/h7-8,11,13,16,22,24H,2-6,9-10,12H2,1H3,(H,21,23)/t16-/m1/s1. The first kappa shape index (κ1) is 23.8. The van der Waals surface area contributed by atoms with E-state index in [-0.39, 0.29) is 11.3 Å². The van der Waals surface area contributed by atoms with Gasteiger partial charge in [0.25, 0.3) is 5.91 Å². The van der Waals surface area contributed by atoms with Gasteiger partial charge in [-0.15, -0.1) is 11.3 Å². The number of hydrogen-bond acceptors (Lipinski definition) is 8. The largest absolute Gasteiger partial charge is 0.289 e. The number of rotatable bonds is 10. The number of hydrogen-bond donors (Lipinski definition) is 3. The van der Waals surface area contributed by atoms with Gasteiger partial charge in [-0.2, -0.15) is 16.5 Å². The van der Waals surface area contributed by atoms with Gasteiger partial charge in [0.2, 0.25) is 10.0 Å². The number of sulfonamides is 1. The summed E-state index contributed by atoms with van der Waals surface area (Å²) in [6.45, 7) is 0. The quantitative estimate of drug-likeness (QED) is 0.264. The van der Waals surface area contributed by atoms with Crippen molar-refractivity contribution < 1.29 is 18.4 Å². The molecule has 0 spiro atoms. The first-order chi connectivity index (χ1) is 14.4. The SMILES string of the molecule is CSCC[C@@H](NS(=O)(=O)c1ccc2nc(SCC3CCCCC3)sc2c1)C(=O)NO. The van der Waals surface area contributed by atoms with Gasteiger partial charge in [0, 0.05) is 5.75 Å². The van der Waals surface area contributed by atoms with Crippen LogP contribution in [0.4, 0.5) is 0 Å². The highest BCUT2D eigenvalue weighted by Gasteiger charge is 2.26. The Morgan fingerprint density at radius 2 is 2.10 bits per heavy atom. The second-order valence-electron chi connectivity index (χ2n) is 7.36. The van der Waals surface area contributed by atoms with Crippen LogP contribution in [0.3, 0.4) is 0 Å². The van der Waals surface area contributed by atoms with Crippen LogP contribution in [0.5, 0.6) is 0 Å². The molecule has 7 nitrogen and oxygen atoms in total. The first-order valence-corrected chi connectivity index (χ1v) is 14.6. The number of thiazole rings is 1. The summed E-state index contributed by atoms with van der Waals surface area (Å²) in [5.74, 6) is 1.61.